The van der Waals surface area contributed by atoms with E-state index in [2.05, 4.69) is 0 Å². The molecule has 0 saturated heterocycles. The van der Waals surface area contributed by atoms with Crippen LogP contribution < -0.4 is 5.73 Å². The molecular weight excluding hydrogens is 278 g/mol. The van der Waals surface area contributed by atoms with Crippen molar-refractivity contribution in [3.05, 3.63) is 35.4 Å². The van der Waals surface area contributed by atoms with Gasteiger partial charge in [0.15, 0.2) is 10.9 Å². The molecule has 0 aromatic heterocycles. The van der Waals surface area contributed by atoms with Crippen LogP contribution in [0.1, 0.15) is 35.4 Å². The average Bonchev–Trinajstić information content (AvgIpc) is 2.45. The molecule has 1 rings (SSSR count). The Morgan fingerprint density at radius 2 is 1.85 bits per heavy atom. The number of ketones is 1. The smallest absolute Gasteiger partial charge is 0.185 e. The van der Waals surface area contributed by atoms with E-state index in [1.54, 1.807) is 24.3 Å². The predicted molar refractivity (Wildman–Crippen MR) is 78.5 cm³/mol. The summed E-state index contributed by atoms with van der Waals surface area (Å²) < 4.78 is 0. The van der Waals surface area contributed by atoms with E-state index < -0.39 is 12.2 Å². The highest BCUT2D eigenvalue weighted by Crippen LogP contribution is 2.21. The zero-order valence-corrected chi connectivity index (χ0v) is 12.1. The first kappa shape index (κ1) is 16.8. The number of carbonyl (C=O) groups excluding carboxylic acids is 2. The number of hydrogen-bond acceptors (Lipinski definition) is 6. The topological polar surface area (TPSA) is 101 Å². The molecule has 2 unspecified atom stereocenters. The molecule has 1 aromatic carbocycles. The van der Waals surface area contributed by atoms with Crippen LogP contribution in [-0.2, 0) is 4.79 Å². The molecule has 0 aliphatic heterocycles. The number of aliphatic hydroxyl groups excluding tert-OH is 2. The average molecular weight is 297 g/mol. The summed E-state index contributed by atoms with van der Waals surface area (Å²) in [6.07, 6.45) is -1.67. The molecule has 0 fully saturated rings. The summed E-state index contributed by atoms with van der Waals surface area (Å²) >= 11 is 1.11. The van der Waals surface area contributed by atoms with E-state index in [-0.39, 0.29) is 17.4 Å². The van der Waals surface area contributed by atoms with Crippen LogP contribution in [0.3, 0.4) is 0 Å². The molecule has 0 spiro atoms. The van der Waals surface area contributed by atoms with E-state index >= 15 is 0 Å². The predicted octanol–water partition coefficient (Wildman–Crippen LogP) is 0.892. The van der Waals surface area contributed by atoms with Crippen LogP contribution >= 0.6 is 11.8 Å². The number of thioether (sulfide) groups is 1. The highest BCUT2D eigenvalue weighted by molar-refractivity contribution is 8.13. The molecule has 110 valence electrons. The van der Waals surface area contributed by atoms with Crippen molar-refractivity contribution in [1.29, 1.82) is 0 Å². The van der Waals surface area contributed by atoms with Crippen LogP contribution in [0.15, 0.2) is 24.3 Å². The molecule has 0 radical (unpaired) electrons. The first-order valence-corrected chi connectivity index (χ1v) is 7.27. The number of benzene rings is 1. The monoisotopic (exact) mass is 297 g/mol. The molecule has 6 heteroatoms. The van der Waals surface area contributed by atoms with Crippen LogP contribution in [0.5, 0.6) is 0 Å². The fraction of sp³-hybridized carbons (Fsp3) is 0.429. The van der Waals surface area contributed by atoms with Gasteiger partial charge in [-0.3, -0.25) is 9.59 Å². The Hall–Kier alpha value is -1.21. The van der Waals surface area contributed by atoms with E-state index in [4.69, 9.17) is 5.73 Å². The summed E-state index contributed by atoms with van der Waals surface area (Å²) in [5, 5.41) is 19.8. The summed E-state index contributed by atoms with van der Waals surface area (Å²) in [5.74, 6) is 0.279. The molecule has 0 aliphatic rings. The number of Topliss-reactive ketones (excluding diaryl/α,β-unsaturated/α-hetero) is 1. The molecule has 0 saturated carbocycles. The fourth-order valence-corrected chi connectivity index (χ4v) is 2.33. The van der Waals surface area contributed by atoms with Crippen LogP contribution in [0.2, 0.25) is 0 Å². The summed E-state index contributed by atoms with van der Waals surface area (Å²) in [4.78, 5) is 22.1. The van der Waals surface area contributed by atoms with Gasteiger partial charge in [0.1, 0.15) is 6.10 Å². The standard InChI is InChI=1S/C14H19NO4S/c1-9(16)20-7-6-12(17)14(19)11-4-2-10(3-5-11)13(18)8-15/h2-5,12,14,17,19H,6-8,15H2,1H3. The first-order chi connectivity index (χ1) is 9.45. The largest absolute Gasteiger partial charge is 0.390 e. The van der Waals surface area contributed by atoms with Crippen molar-refractivity contribution in [1.82, 2.24) is 0 Å². The van der Waals surface area contributed by atoms with Crippen molar-refractivity contribution in [2.24, 2.45) is 5.73 Å². The van der Waals surface area contributed by atoms with Gasteiger partial charge in [-0.2, -0.15) is 0 Å². The molecule has 1 aromatic rings. The van der Waals surface area contributed by atoms with Crippen molar-refractivity contribution >= 4 is 22.7 Å². The maximum Gasteiger partial charge on any atom is 0.185 e. The Kier molecular flexibility index (Phi) is 6.87. The third-order valence-corrected chi connectivity index (χ3v) is 3.69. The molecule has 2 atom stereocenters. The van der Waals surface area contributed by atoms with Gasteiger partial charge < -0.3 is 15.9 Å². The van der Waals surface area contributed by atoms with Crippen molar-refractivity contribution in [3.63, 3.8) is 0 Å². The van der Waals surface area contributed by atoms with Gasteiger partial charge in [0, 0.05) is 18.2 Å². The Morgan fingerprint density at radius 1 is 1.25 bits per heavy atom. The lowest BCUT2D eigenvalue weighted by Gasteiger charge is -2.18. The van der Waals surface area contributed by atoms with Gasteiger partial charge in [-0.1, -0.05) is 36.0 Å². The van der Waals surface area contributed by atoms with Gasteiger partial charge in [-0.05, 0) is 12.0 Å². The van der Waals surface area contributed by atoms with Crippen LogP contribution in [0, 0.1) is 0 Å². The lowest BCUT2D eigenvalue weighted by atomic mass is 10.0. The number of carbonyl (C=O) groups is 2. The lowest BCUT2D eigenvalue weighted by molar-refractivity contribution is -0.109. The van der Waals surface area contributed by atoms with Gasteiger partial charge >= 0.3 is 0 Å². The van der Waals surface area contributed by atoms with E-state index in [9.17, 15) is 19.8 Å². The molecule has 20 heavy (non-hydrogen) atoms. The molecule has 4 N–H and O–H groups in total. The number of nitrogens with two attached hydrogens (primary N) is 1. The highest BCUT2D eigenvalue weighted by atomic mass is 32.2. The van der Waals surface area contributed by atoms with Crippen LogP contribution in [-0.4, -0.2) is 39.5 Å². The molecule has 5 nitrogen and oxygen atoms in total. The van der Waals surface area contributed by atoms with Gasteiger partial charge in [0.05, 0.1) is 12.6 Å². The Bertz CT molecular complexity index is 461. The molecule has 0 heterocycles. The highest BCUT2D eigenvalue weighted by Gasteiger charge is 2.18. The zero-order valence-electron chi connectivity index (χ0n) is 11.3. The summed E-state index contributed by atoms with van der Waals surface area (Å²) in [6.45, 7) is 1.40. The quantitative estimate of drug-likeness (QED) is 0.646. The molecule has 0 bridgehead atoms. The Labute approximate surface area is 122 Å². The van der Waals surface area contributed by atoms with Crippen LogP contribution in [0.4, 0.5) is 0 Å². The third-order valence-electron chi connectivity index (χ3n) is 2.84. The Morgan fingerprint density at radius 3 is 2.35 bits per heavy atom. The van der Waals surface area contributed by atoms with Crippen molar-refractivity contribution < 1.29 is 19.8 Å². The van der Waals surface area contributed by atoms with E-state index in [0.717, 1.165) is 11.8 Å². The second-order valence-corrected chi connectivity index (χ2v) is 5.66. The minimum absolute atomic E-state index is 0.0173. The van der Waals surface area contributed by atoms with E-state index in [1.807, 2.05) is 0 Å². The van der Waals surface area contributed by atoms with Crippen molar-refractivity contribution in [2.45, 2.75) is 25.6 Å². The van der Waals surface area contributed by atoms with Gasteiger partial charge in [0.2, 0.25) is 0 Å². The second kappa shape index (κ2) is 8.16. The number of aliphatic hydroxyl groups is 2. The second-order valence-electron chi connectivity index (χ2n) is 4.39. The van der Waals surface area contributed by atoms with Crippen LogP contribution in [0.25, 0.3) is 0 Å². The maximum atomic E-state index is 11.4. The fourth-order valence-electron chi connectivity index (χ4n) is 1.69. The van der Waals surface area contributed by atoms with Gasteiger partial charge in [-0.25, -0.2) is 0 Å². The zero-order chi connectivity index (χ0) is 15.1. The van der Waals surface area contributed by atoms with Gasteiger partial charge in [-0.15, -0.1) is 0 Å². The molecule has 0 aliphatic carbocycles. The first-order valence-electron chi connectivity index (χ1n) is 6.28. The SMILES string of the molecule is CC(=O)SCCC(O)C(O)c1ccc(C(=O)CN)cc1. The van der Waals surface area contributed by atoms with E-state index in [0.29, 0.717) is 23.3 Å². The molecular formula is C14H19NO4S. The minimum Gasteiger partial charge on any atom is -0.390 e. The summed E-state index contributed by atoms with van der Waals surface area (Å²) in [7, 11) is 0. The third kappa shape index (κ3) is 5.05. The normalized spacial score (nSPS) is 13.8. The van der Waals surface area contributed by atoms with E-state index in [1.165, 1.54) is 6.92 Å². The maximum absolute atomic E-state index is 11.4. The number of hydrogen-bond donors (Lipinski definition) is 3. The van der Waals surface area contributed by atoms with Crippen molar-refractivity contribution in [3.8, 4) is 0 Å². The lowest BCUT2D eigenvalue weighted by Crippen LogP contribution is -2.19. The Balaban J connectivity index is 2.60. The van der Waals surface area contributed by atoms with Gasteiger partial charge in [0.25, 0.3) is 0 Å². The minimum atomic E-state index is -1.04. The molecule has 0 amide bonds. The summed E-state index contributed by atoms with van der Waals surface area (Å²) in [6, 6.07) is 6.33. The van der Waals surface area contributed by atoms with Crippen molar-refractivity contribution in [2.75, 3.05) is 12.3 Å². The summed E-state index contributed by atoms with van der Waals surface area (Å²) in [5.41, 5.74) is 6.26. The number of rotatable bonds is 7.